The van der Waals surface area contributed by atoms with Crippen LogP contribution in [0.3, 0.4) is 0 Å². The molecule has 0 aliphatic carbocycles. The number of nitrogens with zero attached hydrogens (tertiary/aromatic N) is 4. The lowest BCUT2D eigenvalue weighted by atomic mass is 10.2. The topological polar surface area (TPSA) is 101 Å². The molecule has 0 aliphatic heterocycles. The summed E-state index contributed by atoms with van der Waals surface area (Å²) in [5.74, 6) is 1.05. The number of fused-ring (bicyclic) bond motifs is 1. The van der Waals surface area contributed by atoms with Crippen molar-refractivity contribution in [3.8, 4) is 17.5 Å². The molecule has 0 saturated carbocycles. The van der Waals surface area contributed by atoms with Gasteiger partial charge in [-0.1, -0.05) is 29.8 Å². The number of benzene rings is 2. The average Bonchev–Trinajstić information content (AvgIpc) is 3.14. The van der Waals surface area contributed by atoms with Crippen molar-refractivity contribution in [3.05, 3.63) is 80.0 Å². The molecular formula is C23H23ClN4O5. The molecule has 1 unspecified atom stereocenters. The Kier molecular flexibility index (Phi) is 6.26. The van der Waals surface area contributed by atoms with Crippen molar-refractivity contribution in [1.29, 1.82) is 0 Å². The van der Waals surface area contributed by atoms with E-state index in [9.17, 15) is 14.7 Å². The zero-order valence-corrected chi connectivity index (χ0v) is 19.1. The molecule has 1 N–H and O–H groups in total. The normalized spacial score (nSPS) is 12.2. The summed E-state index contributed by atoms with van der Waals surface area (Å²) >= 11 is 6.02. The second-order valence-electron chi connectivity index (χ2n) is 7.67. The first-order valence-electron chi connectivity index (χ1n) is 10.2. The molecule has 4 rings (SSSR count). The van der Waals surface area contributed by atoms with Crippen LogP contribution in [-0.4, -0.2) is 37.0 Å². The smallest absolute Gasteiger partial charge is 0.332 e. The van der Waals surface area contributed by atoms with Crippen molar-refractivity contribution in [2.75, 3.05) is 7.11 Å². The molecule has 0 fully saturated rings. The molecule has 172 valence electrons. The molecule has 0 aliphatic rings. The summed E-state index contributed by atoms with van der Waals surface area (Å²) < 4.78 is 15.2. The Balaban J connectivity index is 1.94. The van der Waals surface area contributed by atoms with Crippen LogP contribution >= 0.6 is 11.6 Å². The molecule has 10 heteroatoms. The van der Waals surface area contributed by atoms with E-state index in [0.717, 1.165) is 10.1 Å². The molecule has 2 heterocycles. The van der Waals surface area contributed by atoms with Crippen molar-refractivity contribution >= 4 is 22.8 Å². The van der Waals surface area contributed by atoms with E-state index >= 15 is 0 Å². The number of hydrogen-bond donors (Lipinski definition) is 1. The first-order valence-corrected chi connectivity index (χ1v) is 10.6. The van der Waals surface area contributed by atoms with Gasteiger partial charge in [0.05, 0.1) is 26.3 Å². The number of aromatic nitrogens is 4. The highest BCUT2D eigenvalue weighted by atomic mass is 35.5. The summed E-state index contributed by atoms with van der Waals surface area (Å²) in [5.41, 5.74) is 0.0854. The van der Waals surface area contributed by atoms with Crippen LogP contribution in [0.1, 0.15) is 12.5 Å². The fraction of sp³-hybridized carbons (Fsp3) is 0.261. The number of hydrogen-bond acceptors (Lipinski definition) is 6. The highest BCUT2D eigenvalue weighted by molar-refractivity contribution is 6.30. The molecule has 0 saturated heterocycles. The van der Waals surface area contributed by atoms with Crippen molar-refractivity contribution in [2.24, 2.45) is 7.05 Å². The Morgan fingerprint density at radius 1 is 1.09 bits per heavy atom. The first kappa shape index (κ1) is 22.6. The number of aliphatic hydroxyl groups is 1. The number of ether oxygens (including phenoxy) is 2. The van der Waals surface area contributed by atoms with Crippen LogP contribution in [-0.2, 0) is 20.1 Å². The van der Waals surface area contributed by atoms with Crippen LogP contribution in [0, 0.1) is 0 Å². The highest BCUT2D eigenvalue weighted by Crippen LogP contribution is 2.27. The molecule has 0 radical (unpaired) electrons. The van der Waals surface area contributed by atoms with Crippen molar-refractivity contribution in [2.45, 2.75) is 26.1 Å². The fourth-order valence-electron chi connectivity index (χ4n) is 3.54. The van der Waals surface area contributed by atoms with Crippen LogP contribution in [0.15, 0.2) is 58.1 Å². The van der Waals surface area contributed by atoms with Crippen LogP contribution < -0.4 is 20.7 Å². The second kappa shape index (κ2) is 9.13. The molecule has 2 aromatic carbocycles. The summed E-state index contributed by atoms with van der Waals surface area (Å²) in [6, 6.07) is 14.3. The third-order valence-electron chi connectivity index (χ3n) is 5.15. The summed E-state index contributed by atoms with van der Waals surface area (Å²) in [7, 11) is 3.08. The van der Waals surface area contributed by atoms with E-state index in [-0.39, 0.29) is 30.3 Å². The molecule has 0 spiro atoms. The minimum Gasteiger partial charge on any atom is -0.497 e. The van der Waals surface area contributed by atoms with E-state index in [0.29, 0.717) is 16.5 Å². The second-order valence-corrected chi connectivity index (χ2v) is 8.10. The van der Waals surface area contributed by atoms with Crippen molar-refractivity contribution in [1.82, 2.24) is 18.7 Å². The van der Waals surface area contributed by atoms with Gasteiger partial charge in [0.1, 0.15) is 11.5 Å². The Hall–Kier alpha value is -3.56. The van der Waals surface area contributed by atoms with Crippen LogP contribution in [0.5, 0.6) is 17.5 Å². The minimum absolute atomic E-state index is 0.134. The number of methoxy groups -OCH3 is 1. The highest BCUT2D eigenvalue weighted by Gasteiger charge is 2.22. The van der Waals surface area contributed by atoms with Gasteiger partial charge < -0.3 is 14.6 Å². The first-order chi connectivity index (χ1) is 15.8. The molecule has 1 atom stereocenters. The van der Waals surface area contributed by atoms with Gasteiger partial charge in [0.15, 0.2) is 11.2 Å². The Morgan fingerprint density at radius 2 is 1.79 bits per heavy atom. The van der Waals surface area contributed by atoms with Gasteiger partial charge in [0, 0.05) is 18.1 Å². The third-order valence-corrected chi connectivity index (χ3v) is 5.40. The van der Waals surface area contributed by atoms with Crippen LogP contribution in [0.25, 0.3) is 11.2 Å². The molecule has 9 nitrogen and oxygen atoms in total. The Bertz CT molecular complexity index is 1420. The van der Waals surface area contributed by atoms with Gasteiger partial charge in [0.25, 0.3) is 5.56 Å². The van der Waals surface area contributed by atoms with Gasteiger partial charge in [-0.3, -0.25) is 18.5 Å². The average molecular weight is 471 g/mol. The SMILES string of the molecule is COc1cccc(Oc2nc3c(c(=O)n(CC(C)O)c(=O)n3C)n2Cc2ccc(Cl)cc2)c1. The van der Waals surface area contributed by atoms with Gasteiger partial charge in [-0.15, -0.1) is 0 Å². The number of aryl methyl sites for hydroxylation is 1. The molecular weight excluding hydrogens is 448 g/mol. The molecule has 0 amide bonds. The monoisotopic (exact) mass is 470 g/mol. The lowest BCUT2D eigenvalue weighted by Crippen LogP contribution is -2.41. The van der Waals surface area contributed by atoms with Crippen molar-refractivity contribution < 1.29 is 14.6 Å². The summed E-state index contributed by atoms with van der Waals surface area (Å²) in [6.07, 6.45) is -0.881. The van der Waals surface area contributed by atoms with E-state index in [4.69, 9.17) is 21.1 Å². The van der Waals surface area contributed by atoms with Gasteiger partial charge in [-0.05, 0) is 36.8 Å². The number of rotatable bonds is 7. The standard InChI is InChI=1S/C23H23ClN4O5/c1-14(29)12-28-21(30)19-20(26(2)23(28)31)25-22(33-18-6-4-5-17(11-18)32-3)27(19)13-15-7-9-16(24)10-8-15/h4-11,14,29H,12-13H2,1-3H3. The maximum atomic E-state index is 13.3. The molecule has 4 aromatic rings. The van der Waals surface area contributed by atoms with Crippen LogP contribution in [0.2, 0.25) is 5.02 Å². The zero-order valence-electron chi connectivity index (χ0n) is 18.4. The van der Waals surface area contributed by atoms with Gasteiger partial charge in [-0.2, -0.15) is 4.98 Å². The molecule has 2 aromatic heterocycles. The maximum absolute atomic E-state index is 13.3. The van der Waals surface area contributed by atoms with Crippen molar-refractivity contribution in [3.63, 3.8) is 0 Å². The zero-order chi connectivity index (χ0) is 23.7. The Labute approximate surface area is 194 Å². The molecule has 0 bridgehead atoms. The minimum atomic E-state index is -0.881. The summed E-state index contributed by atoms with van der Waals surface area (Å²) in [4.78, 5) is 30.6. The fourth-order valence-corrected chi connectivity index (χ4v) is 3.67. The predicted octanol–water partition coefficient (Wildman–Crippen LogP) is 2.78. The van der Waals surface area contributed by atoms with Gasteiger partial charge >= 0.3 is 11.7 Å². The summed E-state index contributed by atoms with van der Waals surface area (Å²) in [5, 5.41) is 10.4. The maximum Gasteiger partial charge on any atom is 0.332 e. The van der Waals surface area contributed by atoms with Crippen LogP contribution in [0.4, 0.5) is 0 Å². The third kappa shape index (κ3) is 4.50. The largest absolute Gasteiger partial charge is 0.497 e. The summed E-state index contributed by atoms with van der Waals surface area (Å²) in [6.45, 7) is 1.62. The predicted molar refractivity (Wildman–Crippen MR) is 125 cm³/mol. The molecule has 33 heavy (non-hydrogen) atoms. The van der Waals surface area contributed by atoms with Gasteiger partial charge in [0.2, 0.25) is 0 Å². The van der Waals surface area contributed by atoms with E-state index in [1.54, 1.807) is 48.1 Å². The Morgan fingerprint density at radius 3 is 2.45 bits per heavy atom. The van der Waals surface area contributed by atoms with E-state index in [2.05, 4.69) is 4.98 Å². The van der Waals surface area contributed by atoms with Gasteiger partial charge in [-0.25, -0.2) is 4.79 Å². The van der Waals surface area contributed by atoms with E-state index < -0.39 is 17.4 Å². The number of halogens is 1. The number of imidazole rings is 1. The van der Waals surface area contributed by atoms with E-state index in [1.807, 2.05) is 12.1 Å². The lowest BCUT2D eigenvalue weighted by molar-refractivity contribution is 0.170. The quantitative estimate of drug-likeness (QED) is 0.446. The number of aliphatic hydroxyl groups excluding tert-OH is 1. The van der Waals surface area contributed by atoms with E-state index in [1.165, 1.54) is 18.5 Å². The lowest BCUT2D eigenvalue weighted by Gasteiger charge is -2.12.